The molecule has 2 N–H and O–H groups in total. The highest BCUT2D eigenvalue weighted by atomic mass is 32.1. The van der Waals surface area contributed by atoms with Crippen molar-refractivity contribution < 1.29 is 15.0 Å². The van der Waals surface area contributed by atoms with Crippen molar-refractivity contribution in [2.45, 2.75) is 6.92 Å². The number of carboxylic acids is 1. The first-order chi connectivity index (χ1) is 6.59. The van der Waals surface area contributed by atoms with Gasteiger partial charge in [-0.15, -0.1) is 11.3 Å². The van der Waals surface area contributed by atoms with Crippen LogP contribution in [0.5, 0.6) is 5.75 Å². The Morgan fingerprint density at radius 3 is 2.79 bits per heavy atom. The van der Waals surface area contributed by atoms with E-state index in [-0.39, 0.29) is 11.3 Å². The number of aryl methyl sites for hydroxylation is 1. The molecule has 0 amide bonds. The van der Waals surface area contributed by atoms with Gasteiger partial charge in [-0.1, -0.05) is 0 Å². The second kappa shape index (κ2) is 2.99. The van der Waals surface area contributed by atoms with Crippen molar-refractivity contribution >= 4 is 27.4 Å². The molecular weight excluding hydrogens is 200 g/mol. The van der Waals surface area contributed by atoms with E-state index in [0.717, 1.165) is 15.6 Å². The summed E-state index contributed by atoms with van der Waals surface area (Å²) in [6.07, 6.45) is 0. The van der Waals surface area contributed by atoms with Crippen LogP contribution in [0.4, 0.5) is 0 Å². The van der Waals surface area contributed by atoms with E-state index in [0.29, 0.717) is 0 Å². The van der Waals surface area contributed by atoms with E-state index in [1.807, 2.05) is 12.3 Å². The molecule has 1 heterocycles. The fourth-order valence-electron chi connectivity index (χ4n) is 1.36. The summed E-state index contributed by atoms with van der Waals surface area (Å²) in [6.45, 7) is 1.89. The van der Waals surface area contributed by atoms with E-state index < -0.39 is 5.97 Å². The Bertz CT molecular complexity index is 513. The van der Waals surface area contributed by atoms with Gasteiger partial charge in [-0.05, 0) is 35.4 Å². The van der Waals surface area contributed by atoms with Gasteiger partial charge in [0.2, 0.25) is 0 Å². The summed E-state index contributed by atoms with van der Waals surface area (Å²) in [7, 11) is 0. The molecule has 0 aliphatic heterocycles. The molecule has 0 aliphatic carbocycles. The molecule has 0 spiro atoms. The molecule has 4 heteroatoms. The number of rotatable bonds is 1. The summed E-state index contributed by atoms with van der Waals surface area (Å²) in [5.41, 5.74) is 1.11. The van der Waals surface area contributed by atoms with Crippen LogP contribution in [0.15, 0.2) is 17.5 Å². The van der Waals surface area contributed by atoms with Crippen molar-refractivity contribution in [2.24, 2.45) is 0 Å². The molecule has 0 unspecified atom stereocenters. The van der Waals surface area contributed by atoms with Crippen LogP contribution < -0.4 is 0 Å². The minimum atomic E-state index is -1.02. The highest BCUT2D eigenvalue weighted by Gasteiger charge is 2.10. The van der Waals surface area contributed by atoms with Crippen molar-refractivity contribution in [1.82, 2.24) is 0 Å². The second-order valence-electron chi connectivity index (χ2n) is 3.10. The number of hydrogen-bond donors (Lipinski definition) is 2. The Hall–Kier alpha value is -1.55. The quantitative estimate of drug-likeness (QED) is 0.757. The van der Waals surface area contributed by atoms with Gasteiger partial charge in [0.25, 0.3) is 0 Å². The lowest BCUT2D eigenvalue weighted by molar-refractivity contribution is 0.0696. The summed E-state index contributed by atoms with van der Waals surface area (Å²) in [5, 5.41) is 21.1. The summed E-state index contributed by atoms with van der Waals surface area (Å²) in [5.74, 6) is -0.981. The van der Waals surface area contributed by atoms with Gasteiger partial charge in [-0.2, -0.15) is 0 Å². The number of carboxylic acid groups (broad SMARTS) is 1. The highest BCUT2D eigenvalue weighted by molar-refractivity contribution is 7.17. The Balaban J connectivity index is 2.82. The van der Waals surface area contributed by atoms with Gasteiger partial charge >= 0.3 is 5.97 Å². The number of hydrogen-bond acceptors (Lipinski definition) is 3. The zero-order valence-electron chi connectivity index (χ0n) is 7.44. The van der Waals surface area contributed by atoms with Gasteiger partial charge in [0.1, 0.15) is 5.75 Å². The molecule has 0 fully saturated rings. The summed E-state index contributed by atoms with van der Waals surface area (Å²) >= 11 is 1.42. The molecule has 2 rings (SSSR count). The van der Waals surface area contributed by atoms with E-state index in [2.05, 4.69) is 0 Å². The third kappa shape index (κ3) is 1.24. The van der Waals surface area contributed by atoms with E-state index in [9.17, 15) is 9.90 Å². The molecule has 0 radical (unpaired) electrons. The number of carbonyl (C=O) groups is 1. The molecule has 2 aromatic rings. The Morgan fingerprint density at radius 2 is 2.14 bits per heavy atom. The van der Waals surface area contributed by atoms with Crippen molar-refractivity contribution in [3.05, 3.63) is 28.6 Å². The van der Waals surface area contributed by atoms with Crippen molar-refractivity contribution in [3.63, 3.8) is 0 Å². The van der Waals surface area contributed by atoms with Crippen LogP contribution in [0.3, 0.4) is 0 Å². The summed E-state index contributed by atoms with van der Waals surface area (Å²) in [6, 6.07) is 2.86. The first-order valence-corrected chi connectivity index (χ1v) is 4.91. The van der Waals surface area contributed by atoms with Gasteiger partial charge in [0.05, 0.1) is 10.3 Å². The second-order valence-corrected chi connectivity index (χ2v) is 3.98. The molecule has 1 aromatic heterocycles. The standard InChI is InChI=1S/C10H8O3S/c1-5-4-14-9-7(5)2-6(10(12)13)3-8(9)11/h2-4,11H,1H3,(H,12,13). The molecule has 14 heavy (non-hydrogen) atoms. The number of aromatic hydroxyl groups is 1. The van der Waals surface area contributed by atoms with E-state index in [1.165, 1.54) is 17.4 Å². The molecule has 3 nitrogen and oxygen atoms in total. The smallest absolute Gasteiger partial charge is 0.335 e. The SMILES string of the molecule is Cc1csc2c(O)cc(C(=O)O)cc12. The minimum absolute atomic E-state index is 0.0398. The first-order valence-electron chi connectivity index (χ1n) is 4.03. The third-order valence-corrected chi connectivity index (χ3v) is 3.23. The fraction of sp³-hybridized carbons (Fsp3) is 0.100. The predicted molar refractivity (Wildman–Crippen MR) is 55.2 cm³/mol. The van der Waals surface area contributed by atoms with Crippen LogP contribution in [-0.2, 0) is 0 Å². The zero-order chi connectivity index (χ0) is 10.3. The summed E-state index contributed by atoms with van der Waals surface area (Å²) < 4.78 is 0.743. The maximum absolute atomic E-state index is 10.7. The number of phenols is 1. The Kier molecular flexibility index (Phi) is 1.93. The van der Waals surface area contributed by atoms with Crippen LogP contribution in [0.2, 0.25) is 0 Å². The van der Waals surface area contributed by atoms with Gasteiger partial charge < -0.3 is 10.2 Å². The van der Waals surface area contributed by atoms with E-state index in [4.69, 9.17) is 5.11 Å². The van der Waals surface area contributed by atoms with Gasteiger partial charge in [0, 0.05) is 0 Å². The van der Waals surface area contributed by atoms with E-state index in [1.54, 1.807) is 6.07 Å². The average molecular weight is 208 g/mol. The maximum atomic E-state index is 10.7. The minimum Gasteiger partial charge on any atom is -0.506 e. The molecule has 0 atom stereocenters. The topological polar surface area (TPSA) is 57.5 Å². The molecule has 0 bridgehead atoms. The zero-order valence-corrected chi connectivity index (χ0v) is 8.26. The average Bonchev–Trinajstić information content (AvgIpc) is 2.48. The van der Waals surface area contributed by atoms with Crippen LogP contribution in [0.25, 0.3) is 10.1 Å². The molecule has 0 aliphatic rings. The van der Waals surface area contributed by atoms with Gasteiger partial charge in [0.15, 0.2) is 0 Å². The number of phenolic OH excluding ortho intramolecular Hbond substituents is 1. The maximum Gasteiger partial charge on any atom is 0.335 e. The molecule has 1 aromatic carbocycles. The lowest BCUT2D eigenvalue weighted by atomic mass is 10.1. The summed E-state index contributed by atoms with van der Waals surface area (Å²) in [4.78, 5) is 10.7. The highest BCUT2D eigenvalue weighted by Crippen LogP contribution is 2.33. The fourth-order valence-corrected chi connectivity index (χ4v) is 2.31. The lowest BCUT2D eigenvalue weighted by Gasteiger charge is -1.99. The molecule has 72 valence electrons. The largest absolute Gasteiger partial charge is 0.506 e. The van der Waals surface area contributed by atoms with Crippen molar-refractivity contribution in [2.75, 3.05) is 0 Å². The van der Waals surface area contributed by atoms with Gasteiger partial charge in [-0.3, -0.25) is 0 Å². The predicted octanol–water partition coefficient (Wildman–Crippen LogP) is 2.61. The first kappa shape index (κ1) is 9.02. The number of fused-ring (bicyclic) bond motifs is 1. The molecule has 0 saturated carbocycles. The third-order valence-electron chi connectivity index (χ3n) is 2.09. The van der Waals surface area contributed by atoms with E-state index >= 15 is 0 Å². The van der Waals surface area contributed by atoms with Crippen molar-refractivity contribution in [3.8, 4) is 5.75 Å². The van der Waals surface area contributed by atoms with Crippen LogP contribution in [0.1, 0.15) is 15.9 Å². The van der Waals surface area contributed by atoms with Crippen LogP contribution >= 0.6 is 11.3 Å². The van der Waals surface area contributed by atoms with Crippen molar-refractivity contribution in [1.29, 1.82) is 0 Å². The Morgan fingerprint density at radius 1 is 1.43 bits per heavy atom. The monoisotopic (exact) mass is 208 g/mol. The molecule has 0 saturated heterocycles. The number of thiophene rings is 1. The van der Waals surface area contributed by atoms with Crippen LogP contribution in [-0.4, -0.2) is 16.2 Å². The number of aromatic carboxylic acids is 1. The van der Waals surface area contributed by atoms with Crippen LogP contribution in [0, 0.1) is 6.92 Å². The normalized spacial score (nSPS) is 10.6. The molecular formula is C10H8O3S. The Labute approximate surface area is 84.2 Å². The lowest BCUT2D eigenvalue weighted by Crippen LogP contribution is -1.95. The van der Waals surface area contributed by atoms with Gasteiger partial charge in [-0.25, -0.2) is 4.79 Å². The number of benzene rings is 1.